The number of aryl methyl sites for hydroxylation is 2. The lowest BCUT2D eigenvalue weighted by atomic mass is 10.1. The maximum Gasteiger partial charge on any atom is 0.148 e. The minimum atomic E-state index is 0.794. The first-order chi connectivity index (χ1) is 8.70. The lowest BCUT2D eigenvalue weighted by Gasteiger charge is -2.09. The molecule has 3 N–H and O–H groups in total. The van der Waals surface area contributed by atoms with Crippen LogP contribution in [0, 0.1) is 6.92 Å². The number of hydrogen-bond donors (Lipinski definition) is 2. The van der Waals surface area contributed by atoms with E-state index in [2.05, 4.69) is 24.3 Å². The van der Waals surface area contributed by atoms with Gasteiger partial charge in [-0.3, -0.25) is 0 Å². The van der Waals surface area contributed by atoms with Crippen LogP contribution in [0.2, 0.25) is 0 Å². The minimum Gasteiger partial charge on any atom is -0.394 e. The Bertz CT molecular complexity index is 344. The fraction of sp³-hybridized carbons (Fsp3) is 0.786. The van der Waals surface area contributed by atoms with Crippen LogP contribution in [0.15, 0.2) is 0 Å². The summed E-state index contributed by atoms with van der Waals surface area (Å²) in [5.41, 5.74) is 7.73. The maximum atomic E-state index is 6.01. The fourth-order valence-electron chi connectivity index (χ4n) is 2.12. The van der Waals surface area contributed by atoms with Crippen LogP contribution >= 0.6 is 0 Å². The Balaban J connectivity index is 2.26. The van der Waals surface area contributed by atoms with Gasteiger partial charge >= 0.3 is 0 Å². The van der Waals surface area contributed by atoms with Crippen molar-refractivity contribution in [3.63, 3.8) is 0 Å². The molecule has 1 rings (SSSR count). The third-order valence-corrected chi connectivity index (χ3v) is 3.30. The van der Waals surface area contributed by atoms with Crippen molar-refractivity contribution in [1.29, 1.82) is 0 Å². The second-order valence-corrected chi connectivity index (χ2v) is 4.86. The van der Waals surface area contributed by atoms with E-state index < -0.39 is 0 Å². The van der Waals surface area contributed by atoms with Crippen molar-refractivity contribution in [2.75, 3.05) is 17.6 Å². The van der Waals surface area contributed by atoms with E-state index in [1.807, 2.05) is 11.6 Å². The van der Waals surface area contributed by atoms with E-state index in [4.69, 9.17) is 5.73 Å². The predicted octanol–water partition coefficient (Wildman–Crippen LogP) is 3.57. The van der Waals surface area contributed by atoms with Crippen molar-refractivity contribution in [3.8, 4) is 0 Å². The van der Waals surface area contributed by atoms with Crippen molar-refractivity contribution in [1.82, 2.24) is 9.78 Å². The summed E-state index contributed by atoms with van der Waals surface area (Å²) < 4.78 is 1.95. The first-order valence-corrected chi connectivity index (χ1v) is 7.27. The second kappa shape index (κ2) is 8.01. The van der Waals surface area contributed by atoms with Gasteiger partial charge in [0.15, 0.2) is 0 Å². The monoisotopic (exact) mass is 252 g/mol. The Morgan fingerprint density at radius 2 is 1.78 bits per heavy atom. The summed E-state index contributed by atoms with van der Waals surface area (Å²) in [6.07, 6.45) is 7.89. The van der Waals surface area contributed by atoms with E-state index in [1.54, 1.807) is 0 Å². The third-order valence-electron chi connectivity index (χ3n) is 3.30. The average molecular weight is 252 g/mol. The molecule has 0 aliphatic rings. The molecular weight excluding hydrogens is 224 g/mol. The summed E-state index contributed by atoms with van der Waals surface area (Å²) in [7, 11) is 0. The van der Waals surface area contributed by atoms with Gasteiger partial charge in [-0.2, -0.15) is 5.10 Å². The van der Waals surface area contributed by atoms with Gasteiger partial charge in [0.25, 0.3) is 0 Å². The number of nitrogen functional groups attached to an aromatic ring is 1. The number of rotatable bonds is 9. The summed E-state index contributed by atoms with van der Waals surface area (Å²) in [5, 5.41) is 7.82. The number of anilines is 2. The summed E-state index contributed by atoms with van der Waals surface area (Å²) in [6, 6.07) is 0. The van der Waals surface area contributed by atoms with Crippen LogP contribution in [0.5, 0.6) is 0 Å². The minimum absolute atomic E-state index is 0.794. The molecule has 0 atom stereocenters. The molecule has 0 saturated carbocycles. The molecule has 0 radical (unpaired) electrons. The number of nitrogens with two attached hydrogens (primary N) is 1. The molecule has 0 spiro atoms. The van der Waals surface area contributed by atoms with Gasteiger partial charge in [0.2, 0.25) is 0 Å². The predicted molar refractivity (Wildman–Crippen MR) is 78.9 cm³/mol. The van der Waals surface area contributed by atoms with Crippen LogP contribution in [-0.4, -0.2) is 16.3 Å². The Kier molecular flexibility index (Phi) is 6.61. The molecule has 0 bridgehead atoms. The second-order valence-electron chi connectivity index (χ2n) is 4.86. The lowest BCUT2D eigenvalue weighted by molar-refractivity contribution is 0.612. The van der Waals surface area contributed by atoms with E-state index in [0.29, 0.717) is 0 Å². The van der Waals surface area contributed by atoms with Crippen LogP contribution in [0.4, 0.5) is 11.5 Å². The Morgan fingerprint density at radius 3 is 2.44 bits per heavy atom. The van der Waals surface area contributed by atoms with Crippen molar-refractivity contribution in [3.05, 3.63) is 5.69 Å². The first kappa shape index (κ1) is 14.9. The zero-order valence-electron chi connectivity index (χ0n) is 12.1. The third kappa shape index (κ3) is 4.24. The fourth-order valence-corrected chi connectivity index (χ4v) is 2.12. The quantitative estimate of drug-likeness (QED) is 0.661. The maximum absolute atomic E-state index is 6.01. The Morgan fingerprint density at radius 1 is 1.11 bits per heavy atom. The molecule has 0 fully saturated rings. The van der Waals surface area contributed by atoms with Crippen molar-refractivity contribution >= 4 is 11.5 Å². The molecule has 18 heavy (non-hydrogen) atoms. The number of hydrogen-bond acceptors (Lipinski definition) is 3. The van der Waals surface area contributed by atoms with Crippen LogP contribution in [0.3, 0.4) is 0 Å². The highest BCUT2D eigenvalue weighted by Gasteiger charge is 2.10. The Hall–Kier alpha value is -1.19. The van der Waals surface area contributed by atoms with E-state index in [-0.39, 0.29) is 0 Å². The molecule has 0 aromatic carbocycles. The highest BCUT2D eigenvalue weighted by molar-refractivity contribution is 5.64. The largest absolute Gasteiger partial charge is 0.394 e. The average Bonchev–Trinajstić information content (AvgIpc) is 2.65. The number of unbranched alkanes of at least 4 members (excludes halogenated alkanes) is 5. The van der Waals surface area contributed by atoms with E-state index in [1.165, 1.54) is 38.5 Å². The highest BCUT2D eigenvalue weighted by atomic mass is 15.3. The molecule has 1 aromatic heterocycles. The van der Waals surface area contributed by atoms with Gasteiger partial charge in [0, 0.05) is 13.1 Å². The standard InChI is InChI=1S/C14H28N4/c1-4-6-7-8-9-10-11-16-14-13(15)12(3)17-18(14)5-2/h16H,4-11,15H2,1-3H3. The molecule has 104 valence electrons. The van der Waals surface area contributed by atoms with Crippen LogP contribution in [-0.2, 0) is 6.54 Å². The molecule has 0 amide bonds. The normalized spacial score (nSPS) is 10.8. The lowest BCUT2D eigenvalue weighted by Crippen LogP contribution is -2.09. The van der Waals surface area contributed by atoms with Crippen LogP contribution < -0.4 is 11.1 Å². The van der Waals surface area contributed by atoms with E-state index in [9.17, 15) is 0 Å². The van der Waals surface area contributed by atoms with Gasteiger partial charge in [0.1, 0.15) is 5.82 Å². The van der Waals surface area contributed by atoms with Gasteiger partial charge in [-0.25, -0.2) is 4.68 Å². The SMILES string of the molecule is CCCCCCCCNc1c(N)c(C)nn1CC. The van der Waals surface area contributed by atoms with E-state index >= 15 is 0 Å². The topological polar surface area (TPSA) is 55.9 Å². The smallest absolute Gasteiger partial charge is 0.148 e. The molecule has 0 saturated heterocycles. The van der Waals surface area contributed by atoms with Crippen molar-refractivity contribution < 1.29 is 0 Å². The molecule has 4 heteroatoms. The first-order valence-electron chi connectivity index (χ1n) is 7.27. The van der Waals surface area contributed by atoms with Gasteiger partial charge in [-0.05, 0) is 20.3 Å². The molecule has 0 unspecified atom stereocenters. The zero-order valence-corrected chi connectivity index (χ0v) is 12.1. The molecule has 4 nitrogen and oxygen atoms in total. The van der Waals surface area contributed by atoms with Crippen molar-refractivity contribution in [2.24, 2.45) is 0 Å². The molecule has 1 heterocycles. The summed E-state index contributed by atoms with van der Waals surface area (Å²) >= 11 is 0. The summed E-state index contributed by atoms with van der Waals surface area (Å²) in [4.78, 5) is 0. The van der Waals surface area contributed by atoms with Crippen molar-refractivity contribution in [2.45, 2.75) is 65.8 Å². The number of nitrogens with one attached hydrogen (secondary N) is 1. The van der Waals surface area contributed by atoms with Gasteiger partial charge in [-0.1, -0.05) is 39.0 Å². The van der Waals surface area contributed by atoms with E-state index in [0.717, 1.165) is 30.3 Å². The summed E-state index contributed by atoms with van der Waals surface area (Å²) in [6.45, 7) is 8.14. The molecule has 1 aromatic rings. The van der Waals surface area contributed by atoms with Crippen LogP contribution in [0.1, 0.15) is 58.1 Å². The zero-order chi connectivity index (χ0) is 13.4. The molecule has 0 aliphatic heterocycles. The number of aromatic nitrogens is 2. The Labute approximate surface area is 111 Å². The van der Waals surface area contributed by atoms with Gasteiger partial charge < -0.3 is 11.1 Å². The van der Waals surface area contributed by atoms with Gasteiger partial charge in [-0.15, -0.1) is 0 Å². The number of nitrogens with zero attached hydrogens (tertiary/aromatic N) is 2. The summed E-state index contributed by atoms with van der Waals surface area (Å²) in [5.74, 6) is 0.989. The van der Waals surface area contributed by atoms with Gasteiger partial charge in [0.05, 0.1) is 11.4 Å². The molecule has 0 aliphatic carbocycles. The molecular formula is C14H28N4. The highest BCUT2D eigenvalue weighted by Crippen LogP contribution is 2.22. The van der Waals surface area contributed by atoms with Crippen LogP contribution in [0.25, 0.3) is 0 Å².